The van der Waals surface area contributed by atoms with E-state index in [-0.39, 0.29) is 35.1 Å². The van der Waals surface area contributed by atoms with Crippen molar-refractivity contribution in [3.63, 3.8) is 0 Å². The first-order valence-electron chi connectivity index (χ1n) is 13.5. The highest BCUT2D eigenvalue weighted by molar-refractivity contribution is 7.92. The van der Waals surface area contributed by atoms with E-state index in [4.69, 9.17) is 11.5 Å². The summed E-state index contributed by atoms with van der Waals surface area (Å²) < 4.78 is 104. The van der Waals surface area contributed by atoms with Gasteiger partial charge in [0.2, 0.25) is 0 Å². The largest absolute Gasteiger partial charge is 0.435 e. The number of nitrogens with zero attached hydrogens (tertiary/aromatic N) is 3. The molecule has 0 atom stereocenters. The van der Waals surface area contributed by atoms with E-state index in [0.29, 0.717) is 29.1 Å². The van der Waals surface area contributed by atoms with Crippen LogP contribution < -0.4 is 20.9 Å². The molecule has 43 heavy (non-hydrogen) atoms. The minimum Gasteiger partial charge on any atom is -0.435 e. The number of nitrogens with one attached hydrogen (secondary N) is 1. The maximum absolute atomic E-state index is 15.6. The zero-order valence-corrected chi connectivity index (χ0v) is 23.9. The lowest BCUT2D eigenvalue weighted by Gasteiger charge is -2.27. The molecular weight excluding hydrogens is 595 g/mol. The predicted molar refractivity (Wildman–Crippen MR) is 151 cm³/mol. The molecule has 0 aliphatic heterocycles. The fourth-order valence-electron chi connectivity index (χ4n) is 5.38. The Bertz CT molecular complexity index is 1790. The van der Waals surface area contributed by atoms with E-state index in [0.717, 1.165) is 43.4 Å². The van der Waals surface area contributed by atoms with Crippen LogP contribution in [0.15, 0.2) is 41.4 Å². The molecule has 15 heteroatoms. The molecule has 9 nitrogen and oxygen atoms in total. The number of anilines is 2. The first-order valence-corrected chi connectivity index (χ1v) is 14.9. The SMILES string of the molecule is CC(C)n1nc(-c2cc(F)c(NS(=O)(=O)c3cc(OC(F)F)ccc3F)cc2F)c2c(N)ncc(C3CCC(N)CC3)c21. The second-order valence-corrected chi connectivity index (χ2v) is 12.4. The molecule has 0 radical (unpaired) electrons. The zero-order chi connectivity index (χ0) is 31.2. The summed E-state index contributed by atoms with van der Waals surface area (Å²) in [5.41, 5.74) is 12.7. The van der Waals surface area contributed by atoms with Crippen LogP contribution in [0.1, 0.15) is 57.1 Å². The number of hydrogen-bond acceptors (Lipinski definition) is 7. The van der Waals surface area contributed by atoms with Crippen molar-refractivity contribution < 1.29 is 35.1 Å². The van der Waals surface area contributed by atoms with Crippen LogP contribution in [-0.2, 0) is 10.0 Å². The maximum atomic E-state index is 15.6. The molecular formula is C28H29F5N6O3S. The molecule has 0 saturated heterocycles. The monoisotopic (exact) mass is 624 g/mol. The molecule has 230 valence electrons. The highest BCUT2D eigenvalue weighted by Crippen LogP contribution is 2.42. The van der Waals surface area contributed by atoms with Gasteiger partial charge in [-0.15, -0.1) is 0 Å². The number of hydrogen-bond donors (Lipinski definition) is 3. The summed E-state index contributed by atoms with van der Waals surface area (Å²) in [6.45, 7) is 0.454. The Balaban J connectivity index is 1.57. The highest BCUT2D eigenvalue weighted by Gasteiger charge is 2.29. The van der Waals surface area contributed by atoms with Gasteiger partial charge in [0.15, 0.2) is 0 Å². The molecule has 1 aliphatic rings. The van der Waals surface area contributed by atoms with E-state index < -0.39 is 50.4 Å². The van der Waals surface area contributed by atoms with Gasteiger partial charge in [-0.05, 0) is 69.2 Å². The van der Waals surface area contributed by atoms with Crippen molar-refractivity contribution in [3.8, 4) is 17.0 Å². The lowest BCUT2D eigenvalue weighted by Crippen LogP contribution is -2.26. The van der Waals surface area contributed by atoms with Crippen LogP contribution in [0.2, 0.25) is 0 Å². The number of alkyl halides is 2. The fraction of sp³-hybridized carbons (Fsp3) is 0.357. The molecule has 4 aromatic rings. The Morgan fingerprint density at radius 3 is 2.37 bits per heavy atom. The molecule has 1 saturated carbocycles. The number of nitrogens with two attached hydrogens (primary N) is 2. The van der Waals surface area contributed by atoms with Crippen LogP contribution in [0.4, 0.5) is 33.5 Å². The average molecular weight is 625 g/mol. The topological polar surface area (TPSA) is 138 Å². The Morgan fingerprint density at radius 1 is 1.02 bits per heavy atom. The van der Waals surface area contributed by atoms with E-state index in [9.17, 15) is 21.6 Å². The predicted octanol–water partition coefficient (Wildman–Crippen LogP) is 6.07. The van der Waals surface area contributed by atoms with Crippen LogP contribution in [0, 0.1) is 17.5 Å². The van der Waals surface area contributed by atoms with Crippen LogP contribution in [0.3, 0.4) is 0 Å². The van der Waals surface area contributed by atoms with Crippen molar-refractivity contribution in [2.45, 2.75) is 69.0 Å². The molecule has 5 N–H and O–H groups in total. The minimum atomic E-state index is -4.90. The average Bonchev–Trinajstić information content (AvgIpc) is 3.34. The Hall–Kier alpha value is -3.98. The number of benzene rings is 2. The molecule has 0 spiro atoms. The minimum absolute atomic E-state index is 0.0109. The molecule has 2 aromatic carbocycles. The van der Waals surface area contributed by atoms with Crippen LogP contribution in [-0.4, -0.2) is 35.8 Å². The van der Waals surface area contributed by atoms with Crippen molar-refractivity contribution in [1.82, 2.24) is 14.8 Å². The van der Waals surface area contributed by atoms with Crippen molar-refractivity contribution >= 4 is 32.4 Å². The third-order valence-corrected chi connectivity index (χ3v) is 8.84. The Labute approximate surface area is 244 Å². The van der Waals surface area contributed by atoms with Crippen molar-refractivity contribution in [3.05, 3.63) is 59.5 Å². The maximum Gasteiger partial charge on any atom is 0.387 e. The van der Waals surface area contributed by atoms with Gasteiger partial charge in [0.05, 0.1) is 16.6 Å². The lowest BCUT2D eigenvalue weighted by atomic mass is 9.82. The molecule has 0 amide bonds. The molecule has 1 fully saturated rings. The van der Waals surface area contributed by atoms with Crippen molar-refractivity contribution in [2.24, 2.45) is 5.73 Å². The van der Waals surface area contributed by atoms with Gasteiger partial charge in [-0.3, -0.25) is 9.40 Å². The van der Waals surface area contributed by atoms with Crippen LogP contribution in [0.25, 0.3) is 22.2 Å². The molecule has 0 bridgehead atoms. The van der Waals surface area contributed by atoms with Crippen molar-refractivity contribution in [1.29, 1.82) is 0 Å². The number of aromatic nitrogens is 3. The number of rotatable bonds is 8. The van der Waals surface area contributed by atoms with Gasteiger partial charge in [0, 0.05) is 36.0 Å². The summed E-state index contributed by atoms with van der Waals surface area (Å²) in [6, 6.07) is 3.14. The van der Waals surface area contributed by atoms with Crippen LogP contribution in [0.5, 0.6) is 5.75 Å². The standard InChI is InChI=1S/C28H29F5N6O3S/c1-13(2)39-26-18(14-3-5-15(34)6-4-14)12-36-27(35)24(26)25(37-39)17-10-21(31)22(11-20(17)30)38-43(40,41)23-9-16(42-28(32)33)7-8-19(23)29/h7-15,28,38H,3-6,34H2,1-2H3,(H2,35,36). The van der Waals surface area contributed by atoms with E-state index in [1.54, 1.807) is 15.6 Å². The van der Waals surface area contributed by atoms with Gasteiger partial charge in [-0.2, -0.15) is 13.9 Å². The fourth-order valence-corrected chi connectivity index (χ4v) is 6.53. The number of halogens is 5. The summed E-state index contributed by atoms with van der Waals surface area (Å²) in [6.07, 6.45) is 4.96. The summed E-state index contributed by atoms with van der Waals surface area (Å²) in [7, 11) is -4.90. The van der Waals surface area contributed by atoms with E-state index in [2.05, 4.69) is 14.8 Å². The van der Waals surface area contributed by atoms with Crippen LogP contribution >= 0.6 is 0 Å². The van der Waals surface area contributed by atoms with Gasteiger partial charge in [0.1, 0.15) is 39.6 Å². The van der Waals surface area contributed by atoms with E-state index >= 15 is 8.78 Å². The second kappa shape index (κ2) is 11.6. The first kappa shape index (κ1) is 30.5. The second-order valence-electron chi connectivity index (χ2n) is 10.7. The number of fused-ring (bicyclic) bond motifs is 1. The number of nitrogen functional groups attached to an aromatic ring is 1. The van der Waals surface area contributed by atoms with Gasteiger partial charge >= 0.3 is 6.61 Å². The molecule has 0 unspecified atom stereocenters. The molecule has 1 aliphatic carbocycles. The van der Waals surface area contributed by atoms with E-state index in [1.807, 2.05) is 13.8 Å². The number of pyridine rings is 1. The van der Waals surface area contributed by atoms with Gasteiger partial charge in [-0.25, -0.2) is 26.6 Å². The van der Waals surface area contributed by atoms with Gasteiger partial charge < -0.3 is 16.2 Å². The van der Waals surface area contributed by atoms with E-state index in [1.165, 1.54) is 0 Å². The smallest absolute Gasteiger partial charge is 0.387 e. The first-order chi connectivity index (χ1) is 20.3. The molecule has 2 aromatic heterocycles. The number of ether oxygens (including phenoxy) is 1. The number of sulfonamides is 1. The summed E-state index contributed by atoms with van der Waals surface area (Å²) >= 11 is 0. The third kappa shape index (κ3) is 5.95. The van der Waals surface area contributed by atoms with Gasteiger partial charge in [0.25, 0.3) is 10.0 Å². The Morgan fingerprint density at radius 2 is 1.72 bits per heavy atom. The Kier molecular flexibility index (Phi) is 8.22. The molecule has 2 heterocycles. The quantitative estimate of drug-likeness (QED) is 0.203. The third-order valence-electron chi connectivity index (χ3n) is 7.46. The summed E-state index contributed by atoms with van der Waals surface area (Å²) in [5, 5.41) is 4.92. The highest BCUT2D eigenvalue weighted by atomic mass is 32.2. The molecule has 5 rings (SSSR count). The summed E-state index contributed by atoms with van der Waals surface area (Å²) in [4.78, 5) is 3.23. The van der Waals surface area contributed by atoms with Crippen molar-refractivity contribution in [2.75, 3.05) is 10.5 Å². The normalized spacial score (nSPS) is 17.6. The van der Waals surface area contributed by atoms with Gasteiger partial charge in [-0.1, -0.05) is 0 Å². The zero-order valence-electron chi connectivity index (χ0n) is 23.1. The lowest BCUT2D eigenvalue weighted by molar-refractivity contribution is -0.0500. The summed E-state index contributed by atoms with van der Waals surface area (Å²) in [5.74, 6) is -4.07.